The Morgan fingerprint density at radius 3 is 2.68 bits per heavy atom. The summed E-state index contributed by atoms with van der Waals surface area (Å²) in [5.74, 6) is -0.0382. The smallest absolute Gasteiger partial charge is 0.341 e. The molecule has 0 fully saturated rings. The van der Waals surface area contributed by atoms with E-state index in [1.807, 2.05) is 6.92 Å². The number of hydrogen-bond acceptors (Lipinski definition) is 6. The molecule has 2 aromatic rings. The second-order valence-electron chi connectivity index (χ2n) is 5.67. The van der Waals surface area contributed by atoms with Gasteiger partial charge in [-0.3, -0.25) is 4.79 Å². The van der Waals surface area contributed by atoms with Crippen molar-refractivity contribution in [1.29, 1.82) is 0 Å². The van der Waals surface area contributed by atoms with Crippen LogP contribution in [0.25, 0.3) is 0 Å². The van der Waals surface area contributed by atoms with E-state index in [0.29, 0.717) is 35.0 Å². The van der Waals surface area contributed by atoms with E-state index in [2.05, 4.69) is 10.5 Å². The number of carboxylic acids is 1. The number of hydrazone groups is 1. The fraction of sp³-hybridized carbons (Fsp3) is 0.250. The maximum Gasteiger partial charge on any atom is 0.341 e. The predicted molar refractivity (Wildman–Crippen MR) is 103 cm³/mol. The molecule has 0 atom stereocenters. The summed E-state index contributed by atoms with van der Waals surface area (Å²) < 4.78 is 15.9. The number of hydrogen-bond donors (Lipinski definition) is 2. The van der Waals surface area contributed by atoms with E-state index in [0.717, 1.165) is 6.42 Å². The number of methoxy groups -OCH3 is 1. The van der Waals surface area contributed by atoms with Crippen molar-refractivity contribution in [3.8, 4) is 17.2 Å². The first-order valence-electron chi connectivity index (χ1n) is 8.62. The highest BCUT2D eigenvalue weighted by Gasteiger charge is 2.10. The van der Waals surface area contributed by atoms with Crippen LogP contribution in [0.2, 0.25) is 0 Å². The van der Waals surface area contributed by atoms with Gasteiger partial charge in [0.05, 0.1) is 19.9 Å². The Hall–Kier alpha value is -3.55. The summed E-state index contributed by atoms with van der Waals surface area (Å²) in [6.45, 7) is 2.12. The summed E-state index contributed by atoms with van der Waals surface area (Å²) in [5, 5.41) is 12.5. The largest absolute Gasteiger partial charge is 0.493 e. The van der Waals surface area contributed by atoms with Crippen molar-refractivity contribution in [2.24, 2.45) is 5.10 Å². The number of amides is 1. The Labute approximate surface area is 162 Å². The molecule has 2 aromatic carbocycles. The molecule has 0 aromatic heterocycles. The van der Waals surface area contributed by atoms with Crippen LogP contribution in [-0.4, -0.2) is 43.5 Å². The number of carbonyl (C=O) groups is 2. The molecule has 28 heavy (non-hydrogen) atoms. The van der Waals surface area contributed by atoms with E-state index in [1.165, 1.54) is 13.3 Å². The van der Waals surface area contributed by atoms with Crippen LogP contribution < -0.4 is 19.6 Å². The monoisotopic (exact) mass is 386 g/mol. The molecule has 0 saturated heterocycles. The second kappa shape index (κ2) is 10.6. The molecule has 8 nitrogen and oxygen atoms in total. The maximum absolute atomic E-state index is 12.3. The average molecular weight is 386 g/mol. The van der Waals surface area contributed by atoms with Crippen LogP contribution in [0.15, 0.2) is 47.6 Å². The highest BCUT2D eigenvalue weighted by atomic mass is 16.5. The number of ether oxygens (including phenoxy) is 3. The molecule has 0 saturated carbocycles. The Morgan fingerprint density at radius 2 is 1.96 bits per heavy atom. The van der Waals surface area contributed by atoms with Crippen molar-refractivity contribution in [2.45, 2.75) is 13.3 Å². The Kier molecular flexibility index (Phi) is 7.83. The summed E-state index contributed by atoms with van der Waals surface area (Å²) in [6, 6.07) is 11.6. The molecule has 1 amide bonds. The lowest BCUT2D eigenvalue weighted by Crippen LogP contribution is -2.17. The maximum atomic E-state index is 12.3. The molecule has 0 unspecified atom stereocenters. The molecule has 148 valence electrons. The van der Waals surface area contributed by atoms with Gasteiger partial charge in [0.1, 0.15) is 5.75 Å². The van der Waals surface area contributed by atoms with Crippen LogP contribution in [0.1, 0.15) is 29.3 Å². The zero-order valence-corrected chi connectivity index (χ0v) is 15.7. The molecule has 0 heterocycles. The second-order valence-corrected chi connectivity index (χ2v) is 5.67. The summed E-state index contributed by atoms with van der Waals surface area (Å²) in [4.78, 5) is 22.8. The van der Waals surface area contributed by atoms with Crippen molar-refractivity contribution >= 4 is 18.1 Å². The van der Waals surface area contributed by atoms with Gasteiger partial charge in [0.15, 0.2) is 18.1 Å². The number of rotatable bonds is 10. The van der Waals surface area contributed by atoms with Crippen LogP contribution >= 0.6 is 0 Å². The van der Waals surface area contributed by atoms with Crippen molar-refractivity contribution in [3.05, 3.63) is 53.6 Å². The predicted octanol–water partition coefficient (Wildman–Crippen LogP) is 2.71. The number of nitrogens with zero attached hydrogens (tertiary/aromatic N) is 1. The first kappa shape index (κ1) is 20.8. The minimum absolute atomic E-state index is 0.372. The van der Waals surface area contributed by atoms with Crippen LogP contribution in [-0.2, 0) is 4.79 Å². The Morgan fingerprint density at radius 1 is 1.14 bits per heavy atom. The first-order chi connectivity index (χ1) is 13.5. The molecule has 0 aliphatic rings. The molecule has 2 N–H and O–H groups in total. The van der Waals surface area contributed by atoms with Gasteiger partial charge < -0.3 is 19.3 Å². The van der Waals surface area contributed by atoms with Gasteiger partial charge in [-0.05, 0) is 42.3 Å². The molecule has 0 bridgehead atoms. The van der Waals surface area contributed by atoms with E-state index < -0.39 is 18.5 Å². The molecule has 2 rings (SSSR count). The molecule has 0 aliphatic carbocycles. The van der Waals surface area contributed by atoms with Crippen LogP contribution in [0.5, 0.6) is 17.2 Å². The summed E-state index contributed by atoms with van der Waals surface area (Å²) >= 11 is 0. The van der Waals surface area contributed by atoms with Gasteiger partial charge >= 0.3 is 5.97 Å². The third kappa shape index (κ3) is 6.31. The van der Waals surface area contributed by atoms with Crippen molar-refractivity contribution < 1.29 is 28.9 Å². The highest BCUT2D eigenvalue weighted by Crippen LogP contribution is 2.28. The van der Waals surface area contributed by atoms with Crippen molar-refractivity contribution in [1.82, 2.24) is 5.43 Å². The van der Waals surface area contributed by atoms with Gasteiger partial charge in [-0.25, -0.2) is 10.2 Å². The third-order valence-electron chi connectivity index (χ3n) is 3.49. The lowest BCUT2D eigenvalue weighted by Gasteiger charge is -2.11. The van der Waals surface area contributed by atoms with Crippen molar-refractivity contribution in [2.75, 3.05) is 20.3 Å². The number of carbonyl (C=O) groups excluding carboxylic acids is 1. The van der Waals surface area contributed by atoms with Crippen LogP contribution in [0, 0.1) is 0 Å². The summed E-state index contributed by atoms with van der Waals surface area (Å²) in [5.41, 5.74) is 3.44. The first-order valence-corrected chi connectivity index (χ1v) is 8.62. The summed E-state index contributed by atoms with van der Waals surface area (Å²) in [7, 11) is 1.51. The Balaban J connectivity index is 1.99. The van der Waals surface area contributed by atoms with E-state index in [4.69, 9.17) is 19.3 Å². The SMILES string of the molecule is CCCOc1ccc(C(=O)N/N=C/c2cccc(OCC(=O)O)c2)cc1OC. The normalized spacial score (nSPS) is 10.5. The molecular formula is C20H22N2O6. The lowest BCUT2D eigenvalue weighted by molar-refractivity contribution is -0.139. The van der Waals surface area contributed by atoms with E-state index in [1.54, 1.807) is 42.5 Å². The quantitative estimate of drug-likeness (QED) is 0.480. The zero-order chi connectivity index (χ0) is 20.4. The fourth-order valence-electron chi connectivity index (χ4n) is 2.20. The number of nitrogens with one attached hydrogen (secondary N) is 1. The topological polar surface area (TPSA) is 106 Å². The van der Waals surface area contributed by atoms with Gasteiger partial charge in [-0.2, -0.15) is 5.10 Å². The Bertz CT molecular complexity index is 850. The molecule has 0 radical (unpaired) electrons. The van der Waals surface area contributed by atoms with Gasteiger partial charge in [-0.1, -0.05) is 19.1 Å². The van der Waals surface area contributed by atoms with Crippen LogP contribution in [0.4, 0.5) is 0 Å². The van der Waals surface area contributed by atoms with Gasteiger partial charge in [0.2, 0.25) is 0 Å². The molecule has 8 heteroatoms. The van der Waals surface area contributed by atoms with Gasteiger partial charge in [0.25, 0.3) is 5.91 Å². The molecular weight excluding hydrogens is 364 g/mol. The number of benzene rings is 2. The minimum atomic E-state index is -1.06. The average Bonchev–Trinajstić information content (AvgIpc) is 2.70. The van der Waals surface area contributed by atoms with E-state index >= 15 is 0 Å². The summed E-state index contributed by atoms with van der Waals surface area (Å²) in [6.07, 6.45) is 2.30. The fourth-order valence-corrected chi connectivity index (χ4v) is 2.20. The molecule has 0 aliphatic heterocycles. The lowest BCUT2D eigenvalue weighted by atomic mass is 10.2. The van der Waals surface area contributed by atoms with Gasteiger partial charge in [0, 0.05) is 5.56 Å². The third-order valence-corrected chi connectivity index (χ3v) is 3.49. The molecule has 0 spiro atoms. The zero-order valence-electron chi connectivity index (χ0n) is 15.7. The van der Waals surface area contributed by atoms with Crippen LogP contribution in [0.3, 0.4) is 0 Å². The standard InChI is InChI=1S/C20H22N2O6/c1-3-9-27-17-8-7-15(11-18(17)26-2)20(25)22-21-12-14-5-4-6-16(10-14)28-13-19(23)24/h4-8,10-12H,3,9,13H2,1-2H3,(H,22,25)(H,23,24)/b21-12+. The highest BCUT2D eigenvalue weighted by molar-refractivity contribution is 5.95. The van der Waals surface area contributed by atoms with Crippen molar-refractivity contribution in [3.63, 3.8) is 0 Å². The number of carboxylic acid groups (broad SMARTS) is 1. The minimum Gasteiger partial charge on any atom is -0.493 e. The van der Waals surface area contributed by atoms with Gasteiger partial charge in [-0.15, -0.1) is 0 Å². The number of aliphatic carboxylic acids is 1. The van der Waals surface area contributed by atoms with E-state index in [9.17, 15) is 9.59 Å². The van der Waals surface area contributed by atoms with E-state index in [-0.39, 0.29) is 0 Å².